The summed E-state index contributed by atoms with van der Waals surface area (Å²) in [5.41, 5.74) is 0.869. The van der Waals surface area contributed by atoms with E-state index in [-0.39, 0.29) is 7.46 Å². The highest BCUT2D eigenvalue weighted by atomic mass is 16.2. The Balaban J connectivity index is 0.00000243. The second-order valence-electron chi connectivity index (χ2n) is 6.88. The molecule has 1 heterocycles. The molecule has 0 bridgehead atoms. The van der Waals surface area contributed by atoms with E-state index in [0.717, 1.165) is 43.7 Å². The highest BCUT2D eigenvalue weighted by Gasteiger charge is 2.17. The van der Waals surface area contributed by atoms with Gasteiger partial charge in [0.15, 0.2) is 0 Å². The third kappa shape index (κ3) is 4.95. The minimum absolute atomic E-state index is 0. The lowest BCUT2D eigenvalue weighted by Gasteiger charge is -2.31. The first kappa shape index (κ1) is 17.7. The molecule has 0 radical (unpaired) electrons. The zero-order valence-corrected chi connectivity index (χ0v) is 15.2. The first-order chi connectivity index (χ1) is 12.3. The SMILES string of the molecule is CCCCN1CCCCN(C(=O)Nc2ccc3ccccc3c2)CC1.[HH]. The van der Waals surface area contributed by atoms with E-state index in [0.29, 0.717) is 0 Å². The third-order valence-corrected chi connectivity index (χ3v) is 4.95. The van der Waals surface area contributed by atoms with Gasteiger partial charge in [0.05, 0.1) is 0 Å². The van der Waals surface area contributed by atoms with Crippen molar-refractivity contribution in [3.63, 3.8) is 0 Å². The number of amides is 2. The van der Waals surface area contributed by atoms with Crippen molar-refractivity contribution in [3.05, 3.63) is 42.5 Å². The van der Waals surface area contributed by atoms with Crippen LogP contribution in [0.25, 0.3) is 10.8 Å². The normalized spacial score (nSPS) is 16.4. The molecule has 0 aromatic heterocycles. The van der Waals surface area contributed by atoms with Crippen LogP contribution in [0.5, 0.6) is 0 Å². The molecule has 3 rings (SSSR count). The van der Waals surface area contributed by atoms with Gasteiger partial charge in [-0.05, 0) is 55.3 Å². The van der Waals surface area contributed by atoms with Gasteiger partial charge in [0.2, 0.25) is 0 Å². The van der Waals surface area contributed by atoms with Crippen LogP contribution in [0.2, 0.25) is 0 Å². The van der Waals surface area contributed by atoms with Crippen LogP contribution in [0, 0.1) is 0 Å². The molecule has 0 saturated carbocycles. The van der Waals surface area contributed by atoms with Crippen molar-refractivity contribution in [2.75, 3.05) is 38.0 Å². The van der Waals surface area contributed by atoms with Crippen molar-refractivity contribution in [2.45, 2.75) is 32.6 Å². The van der Waals surface area contributed by atoms with Gasteiger partial charge in [0, 0.05) is 26.7 Å². The molecule has 0 spiro atoms. The number of nitrogens with one attached hydrogen (secondary N) is 1. The Kier molecular flexibility index (Phi) is 6.29. The molecule has 4 nitrogen and oxygen atoms in total. The average Bonchev–Trinajstić information content (AvgIpc) is 2.61. The summed E-state index contributed by atoms with van der Waals surface area (Å²) in [5.74, 6) is 0. The summed E-state index contributed by atoms with van der Waals surface area (Å²) < 4.78 is 0. The number of urea groups is 1. The summed E-state index contributed by atoms with van der Waals surface area (Å²) >= 11 is 0. The number of hydrogen-bond acceptors (Lipinski definition) is 2. The molecule has 1 aliphatic heterocycles. The highest BCUT2D eigenvalue weighted by molar-refractivity contribution is 5.93. The fourth-order valence-corrected chi connectivity index (χ4v) is 3.40. The predicted molar refractivity (Wildman–Crippen MR) is 107 cm³/mol. The number of benzene rings is 2. The van der Waals surface area contributed by atoms with Gasteiger partial charge in [-0.1, -0.05) is 43.7 Å². The van der Waals surface area contributed by atoms with Gasteiger partial charge in [-0.25, -0.2) is 4.79 Å². The topological polar surface area (TPSA) is 35.6 Å². The third-order valence-electron chi connectivity index (χ3n) is 4.95. The van der Waals surface area contributed by atoms with Crippen LogP contribution in [0.15, 0.2) is 42.5 Å². The maximum atomic E-state index is 12.7. The molecule has 1 N–H and O–H groups in total. The fraction of sp³-hybridized carbons (Fsp3) is 0.476. The van der Waals surface area contributed by atoms with Crippen LogP contribution in [0.4, 0.5) is 10.5 Å². The lowest BCUT2D eigenvalue weighted by atomic mass is 10.1. The van der Waals surface area contributed by atoms with Crippen LogP contribution in [0.3, 0.4) is 0 Å². The Labute approximate surface area is 152 Å². The summed E-state index contributed by atoms with van der Waals surface area (Å²) in [4.78, 5) is 17.2. The van der Waals surface area contributed by atoms with E-state index >= 15 is 0 Å². The number of unbranched alkanes of at least 4 members (excludes halogenated alkanes) is 1. The van der Waals surface area contributed by atoms with E-state index in [2.05, 4.69) is 35.3 Å². The first-order valence-corrected chi connectivity index (χ1v) is 9.53. The molecule has 0 unspecified atom stereocenters. The molecule has 25 heavy (non-hydrogen) atoms. The number of carbonyl (C=O) groups excluding carboxylic acids is 1. The fourth-order valence-electron chi connectivity index (χ4n) is 3.40. The molecule has 0 aliphatic carbocycles. The Bertz CT molecular complexity index is 704. The second-order valence-corrected chi connectivity index (χ2v) is 6.88. The van der Waals surface area contributed by atoms with Crippen molar-refractivity contribution < 1.29 is 6.22 Å². The molecule has 1 fully saturated rings. The second kappa shape index (κ2) is 8.86. The Morgan fingerprint density at radius 3 is 2.68 bits per heavy atom. The molecular formula is C21H31N3O. The molecule has 4 heteroatoms. The highest BCUT2D eigenvalue weighted by Crippen LogP contribution is 2.19. The molecular weight excluding hydrogens is 310 g/mol. The Morgan fingerprint density at radius 2 is 1.84 bits per heavy atom. The van der Waals surface area contributed by atoms with Gasteiger partial charge < -0.3 is 15.1 Å². The van der Waals surface area contributed by atoms with Gasteiger partial charge in [-0.3, -0.25) is 0 Å². The van der Waals surface area contributed by atoms with Crippen LogP contribution in [-0.4, -0.2) is 48.6 Å². The maximum absolute atomic E-state index is 12.7. The van der Waals surface area contributed by atoms with E-state index < -0.39 is 0 Å². The van der Waals surface area contributed by atoms with E-state index in [1.807, 2.05) is 29.2 Å². The summed E-state index contributed by atoms with van der Waals surface area (Å²) in [6.07, 6.45) is 4.71. The zero-order chi connectivity index (χ0) is 17.5. The molecule has 1 aliphatic rings. The van der Waals surface area contributed by atoms with E-state index in [1.165, 1.54) is 31.2 Å². The number of carbonyl (C=O) groups is 1. The van der Waals surface area contributed by atoms with Crippen molar-refractivity contribution in [1.29, 1.82) is 0 Å². The van der Waals surface area contributed by atoms with E-state index in [9.17, 15) is 4.79 Å². The van der Waals surface area contributed by atoms with Gasteiger partial charge in [-0.15, -0.1) is 0 Å². The quantitative estimate of drug-likeness (QED) is 0.866. The monoisotopic (exact) mass is 341 g/mol. The Hall–Kier alpha value is -2.07. The number of nitrogens with zero attached hydrogens (tertiary/aromatic N) is 2. The van der Waals surface area contributed by atoms with Crippen LogP contribution >= 0.6 is 0 Å². The van der Waals surface area contributed by atoms with Crippen molar-refractivity contribution in [1.82, 2.24) is 9.80 Å². The van der Waals surface area contributed by atoms with E-state index in [1.54, 1.807) is 0 Å². The van der Waals surface area contributed by atoms with Crippen LogP contribution in [-0.2, 0) is 0 Å². The van der Waals surface area contributed by atoms with Gasteiger partial charge >= 0.3 is 6.03 Å². The van der Waals surface area contributed by atoms with Crippen molar-refractivity contribution in [2.24, 2.45) is 0 Å². The standard InChI is InChI=1S/C21H29N3O.H2/c1-2-3-12-23-13-6-7-14-24(16-15-23)21(25)22-20-11-10-18-8-4-5-9-19(18)17-20;/h4-5,8-11,17H,2-3,6-7,12-16H2,1H3,(H,22,25);1H. The number of rotatable bonds is 4. The largest absolute Gasteiger partial charge is 0.323 e. The summed E-state index contributed by atoms with van der Waals surface area (Å²) in [5, 5.41) is 5.42. The van der Waals surface area contributed by atoms with Crippen molar-refractivity contribution >= 4 is 22.5 Å². The minimum atomic E-state index is 0. The van der Waals surface area contributed by atoms with Gasteiger partial charge in [-0.2, -0.15) is 0 Å². The van der Waals surface area contributed by atoms with Crippen LogP contribution < -0.4 is 5.32 Å². The van der Waals surface area contributed by atoms with Gasteiger partial charge in [0.1, 0.15) is 0 Å². The number of anilines is 1. The number of hydrogen-bond donors (Lipinski definition) is 1. The smallest absolute Gasteiger partial charge is 0.321 e. The summed E-state index contributed by atoms with van der Waals surface area (Å²) in [7, 11) is 0. The molecule has 2 aromatic carbocycles. The van der Waals surface area contributed by atoms with Crippen LogP contribution in [0.1, 0.15) is 34.0 Å². The summed E-state index contributed by atoms with van der Waals surface area (Å²) in [6, 6.07) is 14.3. The number of fused-ring (bicyclic) bond motifs is 1. The van der Waals surface area contributed by atoms with Crippen molar-refractivity contribution in [3.8, 4) is 0 Å². The molecule has 2 amide bonds. The lowest BCUT2D eigenvalue weighted by Crippen LogP contribution is -2.43. The molecule has 2 aromatic rings. The van der Waals surface area contributed by atoms with E-state index in [4.69, 9.17) is 0 Å². The average molecular weight is 341 g/mol. The zero-order valence-electron chi connectivity index (χ0n) is 15.2. The molecule has 0 atom stereocenters. The molecule has 136 valence electrons. The maximum Gasteiger partial charge on any atom is 0.321 e. The Morgan fingerprint density at radius 1 is 1.04 bits per heavy atom. The lowest BCUT2D eigenvalue weighted by molar-refractivity contribution is 0.175. The predicted octanol–water partition coefficient (Wildman–Crippen LogP) is 4.82. The summed E-state index contributed by atoms with van der Waals surface area (Å²) in [6.45, 7) is 7.18. The first-order valence-electron chi connectivity index (χ1n) is 9.53. The minimum Gasteiger partial charge on any atom is -0.323 e. The molecule has 1 saturated heterocycles. The van der Waals surface area contributed by atoms with Gasteiger partial charge in [0.25, 0.3) is 0 Å².